The molecule has 3 rings (SSSR count). The fourth-order valence-electron chi connectivity index (χ4n) is 2.60. The Morgan fingerprint density at radius 3 is 2.65 bits per heavy atom. The number of aromatic carboxylic acids is 1. The lowest BCUT2D eigenvalue weighted by atomic mass is 10.1. The van der Waals surface area contributed by atoms with Crippen LogP contribution in [0.2, 0.25) is 0 Å². The molecule has 2 heterocycles. The zero-order valence-corrected chi connectivity index (χ0v) is 12.5. The average molecular weight is 290 g/mol. The van der Waals surface area contributed by atoms with Crippen molar-refractivity contribution in [3.63, 3.8) is 0 Å². The van der Waals surface area contributed by atoms with Crippen molar-refractivity contribution in [2.45, 2.75) is 32.6 Å². The van der Waals surface area contributed by atoms with Gasteiger partial charge in [0.25, 0.3) is 0 Å². The molecule has 1 aliphatic heterocycles. The largest absolute Gasteiger partial charge is 0.478 e. The highest BCUT2D eigenvalue weighted by molar-refractivity contribution is 7.18. The van der Waals surface area contributed by atoms with Gasteiger partial charge in [0.1, 0.15) is 5.52 Å². The number of nitrogens with zero attached hydrogens (tertiary/aromatic N) is 2. The lowest BCUT2D eigenvalue weighted by Crippen LogP contribution is -2.18. The van der Waals surface area contributed by atoms with Gasteiger partial charge in [0.2, 0.25) is 0 Å². The van der Waals surface area contributed by atoms with Gasteiger partial charge in [-0.25, -0.2) is 9.78 Å². The summed E-state index contributed by atoms with van der Waals surface area (Å²) in [5.41, 5.74) is 2.31. The first-order valence-corrected chi connectivity index (χ1v) is 7.80. The Bertz CT molecular complexity index is 657. The molecule has 0 saturated carbocycles. The summed E-state index contributed by atoms with van der Waals surface area (Å²) in [6.07, 6.45) is 2.33. The molecule has 1 aliphatic rings. The Morgan fingerprint density at radius 1 is 1.35 bits per heavy atom. The second-order valence-corrected chi connectivity index (χ2v) is 6.61. The summed E-state index contributed by atoms with van der Waals surface area (Å²) < 4.78 is 0.982. The Kier molecular flexibility index (Phi) is 3.38. The third kappa shape index (κ3) is 2.26. The molecule has 0 spiro atoms. The first-order valence-electron chi connectivity index (χ1n) is 6.99. The van der Waals surface area contributed by atoms with Crippen LogP contribution in [0.3, 0.4) is 0 Å². The van der Waals surface area contributed by atoms with Crippen molar-refractivity contribution < 1.29 is 9.90 Å². The average Bonchev–Trinajstić information content (AvgIpc) is 3.06. The van der Waals surface area contributed by atoms with Crippen molar-refractivity contribution in [3.05, 3.63) is 22.7 Å². The minimum Gasteiger partial charge on any atom is -0.478 e. The van der Waals surface area contributed by atoms with Crippen molar-refractivity contribution in [3.8, 4) is 0 Å². The normalized spacial score (nSPS) is 15.4. The number of benzene rings is 1. The Labute approximate surface area is 122 Å². The summed E-state index contributed by atoms with van der Waals surface area (Å²) in [5.74, 6) is -0.501. The Hall–Kier alpha value is -1.62. The second kappa shape index (κ2) is 5.05. The van der Waals surface area contributed by atoms with Gasteiger partial charge in [-0.1, -0.05) is 13.8 Å². The summed E-state index contributed by atoms with van der Waals surface area (Å²) in [6, 6.07) is 3.53. The smallest absolute Gasteiger partial charge is 0.335 e. The maximum absolute atomic E-state index is 11.3. The summed E-state index contributed by atoms with van der Waals surface area (Å²) in [7, 11) is 0. The lowest BCUT2D eigenvalue weighted by Gasteiger charge is -2.18. The standard InChI is InChI=1S/C15H18N2O2S/c1-9(2)14-16-13-11(17-5-3-4-6-17)7-10(15(18)19)8-12(13)20-14/h7-9H,3-6H2,1-2H3,(H,18,19). The highest BCUT2D eigenvalue weighted by Gasteiger charge is 2.20. The summed E-state index contributed by atoms with van der Waals surface area (Å²) >= 11 is 1.61. The van der Waals surface area contributed by atoms with Gasteiger partial charge >= 0.3 is 5.97 Å². The summed E-state index contributed by atoms with van der Waals surface area (Å²) in [4.78, 5) is 18.3. The van der Waals surface area contributed by atoms with Gasteiger partial charge in [-0.15, -0.1) is 11.3 Å². The summed E-state index contributed by atoms with van der Waals surface area (Å²) in [5, 5.41) is 10.4. The molecule has 1 N–H and O–H groups in total. The van der Waals surface area contributed by atoms with Gasteiger partial charge in [-0.2, -0.15) is 0 Å². The van der Waals surface area contributed by atoms with Crippen molar-refractivity contribution in [1.29, 1.82) is 0 Å². The van der Waals surface area contributed by atoms with Gasteiger partial charge in [-0.3, -0.25) is 0 Å². The number of hydrogen-bond acceptors (Lipinski definition) is 4. The number of rotatable bonds is 3. The van der Waals surface area contributed by atoms with Crippen molar-refractivity contribution in [2.75, 3.05) is 18.0 Å². The van der Waals surface area contributed by atoms with Crippen molar-refractivity contribution >= 4 is 33.2 Å². The molecule has 1 aromatic carbocycles. The monoisotopic (exact) mass is 290 g/mol. The van der Waals surface area contributed by atoms with E-state index in [0.717, 1.165) is 34.0 Å². The molecule has 20 heavy (non-hydrogen) atoms. The number of anilines is 1. The molecule has 0 bridgehead atoms. The third-order valence-corrected chi connectivity index (χ3v) is 4.98. The van der Waals surface area contributed by atoms with Crippen LogP contribution in [0, 0.1) is 0 Å². The van der Waals surface area contributed by atoms with E-state index in [1.807, 2.05) is 0 Å². The number of thiazole rings is 1. The number of aromatic nitrogens is 1. The molecule has 0 aliphatic carbocycles. The molecule has 0 radical (unpaired) electrons. The topological polar surface area (TPSA) is 53.4 Å². The fraction of sp³-hybridized carbons (Fsp3) is 0.467. The lowest BCUT2D eigenvalue weighted by molar-refractivity contribution is 0.0697. The first-order chi connectivity index (χ1) is 9.56. The molecule has 1 saturated heterocycles. The van der Waals surface area contributed by atoms with E-state index >= 15 is 0 Å². The predicted molar refractivity (Wildman–Crippen MR) is 82.1 cm³/mol. The van der Waals surface area contributed by atoms with Gasteiger partial charge in [0, 0.05) is 19.0 Å². The van der Waals surface area contributed by atoms with E-state index in [-0.39, 0.29) is 0 Å². The minimum absolute atomic E-state index is 0.360. The quantitative estimate of drug-likeness (QED) is 0.936. The van der Waals surface area contributed by atoms with Crippen LogP contribution in [-0.2, 0) is 0 Å². The van der Waals surface area contributed by atoms with Gasteiger partial charge < -0.3 is 10.0 Å². The van der Waals surface area contributed by atoms with Crippen molar-refractivity contribution in [1.82, 2.24) is 4.98 Å². The molecular formula is C15H18N2O2S. The third-order valence-electron chi connectivity index (χ3n) is 3.68. The van der Waals surface area contributed by atoms with Crippen LogP contribution in [0.15, 0.2) is 12.1 Å². The summed E-state index contributed by atoms with van der Waals surface area (Å²) in [6.45, 7) is 6.22. The molecule has 0 atom stereocenters. The molecule has 0 unspecified atom stereocenters. The van der Waals surface area contributed by atoms with Crippen LogP contribution in [-0.4, -0.2) is 29.1 Å². The molecule has 2 aromatic rings. The van der Waals surface area contributed by atoms with E-state index in [1.54, 1.807) is 23.5 Å². The van der Waals surface area contributed by atoms with Crippen LogP contribution >= 0.6 is 11.3 Å². The van der Waals surface area contributed by atoms with Crippen LogP contribution in [0.4, 0.5) is 5.69 Å². The Balaban J connectivity index is 2.20. The molecular weight excluding hydrogens is 272 g/mol. The fourth-order valence-corrected chi connectivity index (χ4v) is 3.63. The van der Waals surface area contributed by atoms with Crippen LogP contribution in [0.25, 0.3) is 10.2 Å². The molecule has 0 amide bonds. The van der Waals surface area contributed by atoms with E-state index in [9.17, 15) is 9.90 Å². The number of hydrogen-bond donors (Lipinski definition) is 1. The van der Waals surface area contributed by atoms with Crippen LogP contribution in [0.1, 0.15) is 48.0 Å². The van der Waals surface area contributed by atoms with Gasteiger partial charge in [0.05, 0.1) is 21.0 Å². The van der Waals surface area contributed by atoms with Gasteiger partial charge in [0.15, 0.2) is 0 Å². The van der Waals surface area contributed by atoms with Crippen LogP contribution < -0.4 is 4.90 Å². The number of carboxylic acids is 1. The van der Waals surface area contributed by atoms with E-state index in [0.29, 0.717) is 11.5 Å². The number of carbonyl (C=O) groups is 1. The molecule has 1 fully saturated rings. The maximum atomic E-state index is 11.3. The van der Waals surface area contributed by atoms with E-state index in [4.69, 9.17) is 4.98 Å². The van der Waals surface area contributed by atoms with Gasteiger partial charge in [-0.05, 0) is 25.0 Å². The SMILES string of the molecule is CC(C)c1nc2c(N3CCCC3)cc(C(=O)O)cc2s1. The number of carboxylic acid groups (broad SMARTS) is 1. The maximum Gasteiger partial charge on any atom is 0.335 e. The molecule has 5 heteroatoms. The van der Waals surface area contributed by atoms with E-state index in [2.05, 4.69) is 18.7 Å². The Morgan fingerprint density at radius 2 is 2.05 bits per heavy atom. The zero-order chi connectivity index (χ0) is 14.3. The zero-order valence-electron chi connectivity index (χ0n) is 11.7. The van der Waals surface area contributed by atoms with E-state index < -0.39 is 5.97 Å². The van der Waals surface area contributed by atoms with E-state index in [1.165, 1.54) is 12.8 Å². The minimum atomic E-state index is -0.869. The van der Waals surface area contributed by atoms with Crippen molar-refractivity contribution in [2.24, 2.45) is 0 Å². The van der Waals surface area contributed by atoms with Crippen LogP contribution in [0.5, 0.6) is 0 Å². The highest BCUT2D eigenvalue weighted by atomic mass is 32.1. The molecule has 4 nitrogen and oxygen atoms in total. The second-order valence-electron chi connectivity index (χ2n) is 5.55. The number of fused-ring (bicyclic) bond motifs is 1. The molecule has 106 valence electrons. The highest BCUT2D eigenvalue weighted by Crippen LogP contribution is 2.36. The predicted octanol–water partition coefficient (Wildman–Crippen LogP) is 3.72. The molecule has 1 aromatic heterocycles. The first kappa shape index (κ1) is 13.4.